The molecule has 3 aromatic carbocycles. The molecule has 45 heavy (non-hydrogen) atoms. The van der Waals surface area contributed by atoms with E-state index in [4.69, 9.17) is 19.9 Å². The molecule has 4 aromatic rings. The fourth-order valence-electron chi connectivity index (χ4n) is 5.85. The number of benzene rings is 3. The maximum absolute atomic E-state index is 13.8. The number of aromatic nitrogens is 1. The Kier molecular flexibility index (Phi) is 10.4. The van der Waals surface area contributed by atoms with Crippen molar-refractivity contribution in [2.75, 3.05) is 31.7 Å². The van der Waals surface area contributed by atoms with Gasteiger partial charge >= 0.3 is 5.97 Å². The van der Waals surface area contributed by atoms with Crippen molar-refractivity contribution in [2.24, 2.45) is 5.73 Å². The van der Waals surface area contributed by atoms with E-state index in [0.29, 0.717) is 43.9 Å². The number of amides is 1. The number of nitrogens with one attached hydrogen (secondary N) is 1. The first-order chi connectivity index (χ1) is 21.9. The number of carbonyl (C=O) groups excluding carboxylic acids is 2. The molecule has 1 aromatic heterocycles. The van der Waals surface area contributed by atoms with Gasteiger partial charge in [-0.15, -0.1) is 0 Å². The van der Waals surface area contributed by atoms with E-state index in [2.05, 4.69) is 10.3 Å². The lowest BCUT2D eigenvalue weighted by molar-refractivity contribution is -0.151. The van der Waals surface area contributed by atoms with E-state index in [1.54, 1.807) is 11.1 Å². The van der Waals surface area contributed by atoms with Gasteiger partial charge in [-0.05, 0) is 61.2 Å². The smallest absolute Gasteiger partial charge is 0.342 e. The number of aryl methyl sites for hydroxylation is 2. The van der Waals surface area contributed by atoms with Crippen LogP contribution in [0.2, 0.25) is 0 Å². The molecule has 0 bridgehead atoms. The van der Waals surface area contributed by atoms with Crippen molar-refractivity contribution in [3.8, 4) is 5.75 Å². The van der Waals surface area contributed by atoms with E-state index in [-0.39, 0.29) is 18.6 Å². The summed E-state index contributed by atoms with van der Waals surface area (Å²) in [6, 6.07) is 30.3. The Morgan fingerprint density at radius 1 is 0.956 bits per heavy atom. The zero-order valence-electron chi connectivity index (χ0n) is 25.7. The normalized spacial score (nSPS) is 17.6. The lowest BCUT2D eigenvalue weighted by atomic mass is 9.85. The minimum absolute atomic E-state index is 0.0207. The average Bonchev–Trinajstić information content (AvgIpc) is 3.07. The van der Waals surface area contributed by atoms with Crippen LogP contribution < -0.4 is 20.7 Å². The first kappa shape index (κ1) is 31.7. The molecule has 5 rings (SSSR count). The predicted molar refractivity (Wildman–Crippen MR) is 173 cm³/mol. The topological polar surface area (TPSA) is 116 Å². The lowest BCUT2D eigenvalue weighted by Gasteiger charge is -2.42. The Bertz CT molecular complexity index is 1570. The summed E-state index contributed by atoms with van der Waals surface area (Å²) in [5.74, 6) is -0.787. The molecule has 1 aliphatic heterocycles. The average molecular weight is 609 g/mol. The number of rotatable bonds is 13. The van der Waals surface area contributed by atoms with Crippen LogP contribution in [0.4, 0.5) is 11.4 Å². The third-order valence-corrected chi connectivity index (χ3v) is 8.11. The molecule has 3 N–H and O–H groups in total. The van der Waals surface area contributed by atoms with Crippen LogP contribution in [0.5, 0.6) is 5.75 Å². The number of ether oxygens (including phenoxy) is 3. The van der Waals surface area contributed by atoms with Crippen molar-refractivity contribution in [3.05, 3.63) is 120 Å². The molecule has 3 atom stereocenters. The van der Waals surface area contributed by atoms with Crippen LogP contribution >= 0.6 is 0 Å². The van der Waals surface area contributed by atoms with Gasteiger partial charge in [0.05, 0.1) is 18.9 Å². The second-order valence-corrected chi connectivity index (χ2v) is 11.2. The van der Waals surface area contributed by atoms with Gasteiger partial charge in [0.25, 0.3) is 5.91 Å². The van der Waals surface area contributed by atoms with Gasteiger partial charge in [-0.1, -0.05) is 66.7 Å². The minimum Gasteiger partial charge on any atom is -0.489 e. The molecule has 0 spiro atoms. The van der Waals surface area contributed by atoms with Gasteiger partial charge in [-0.2, -0.15) is 0 Å². The Labute approximate surface area is 264 Å². The van der Waals surface area contributed by atoms with Gasteiger partial charge in [-0.3, -0.25) is 9.78 Å². The molecule has 2 heterocycles. The number of morpholine rings is 1. The molecular weight excluding hydrogens is 568 g/mol. The largest absolute Gasteiger partial charge is 0.489 e. The molecule has 234 valence electrons. The van der Waals surface area contributed by atoms with Gasteiger partial charge in [-0.25, -0.2) is 4.79 Å². The van der Waals surface area contributed by atoms with Crippen LogP contribution in [0.1, 0.15) is 23.2 Å². The summed E-state index contributed by atoms with van der Waals surface area (Å²) in [6.45, 7) is 3.72. The molecule has 0 radical (unpaired) electrons. The Morgan fingerprint density at radius 2 is 1.64 bits per heavy atom. The summed E-state index contributed by atoms with van der Waals surface area (Å²) in [7, 11) is 1.28. The minimum atomic E-state index is -1.86. The summed E-state index contributed by atoms with van der Waals surface area (Å²) in [5, 5.41) is 3.47. The van der Waals surface area contributed by atoms with Crippen LogP contribution in [-0.2, 0) is 31.9 Å². The van der Waals surface area contributed by atoms with Crippen LogP contribution in [0.3, 0.4) is 0 Å². The number of esters is 1. The summed E-state index contributed by atoms with van der Waals surface area (Å²) in [4.78, 5) is 33.4. The standard InChI is InChI=1S/C36H40N4O5/c1-26-33(18-11-21-39-26)44-25-31-24-38-23-30(45-31)20-19-28-14-9-10-17-32(28)40(29-15-7-4-8-16-29)36(34(37)41,35(42)43-2)22-27-12-5-3-6-13-27/h3-18,21,30-31,38H,19-20,22-25H2,1-2H3,(H2,37,41)/t30-,31+,36+/m1/s1. The van der Waals surface area contributed by atoms with Gasteiger partial charge in [0, 0.05) is 37.1 Å². The number of nitrogens with zero attached hydrogens (tertiary/aromatic N) is 2. The van der Waals surface area contributed by atoms with E-state index >= 15 is 0 Å². The number of pyridine rings is 1. The molecule has 0 unspecified atom stereocenters. The van der Waals surface area contributed by atoms with E-state index in [9.17, 15) is 9.59 Å². The van der Waals surface area contributed by atoms with Crippen LogP contribution in [-0.4, -0.2) is 61.4 Å². The number of anilines is 2. The third kappa shape index (κ3) is 7.33. The van der Waals surface area contributed by atoms with Crippen molar-refractivity contribution in [1.29, 1.82) is 0 Å². The van der Waals surface area contributed by atoms with Crippen LogP contribution in [0, 0.1) is 6.92 Å². The van der Waals surface area contributed by atoms with Crippen LogP contribution in [0.15, 0.2) is 103 Å². The fourth-order valence-corrected chi connectivity index (χ4v) is 5.85. The first-order valence-electron chi connectivity index (χ1n) is 15.2. The molecule has 1 aliphatic rings. The number of nitrogens with two attached hydrogens (primary N) is 1. The second kappa shape index (κ2) is 14.8. The molecule has 0 saturated carbocycles. The van der Waals surface area contributed by atoms with Crippen molar-refractivity contribution in [2.45, 2.75) is 43.9 Å². The first-order valence-corrected chi connectivity index (χ1v) is 15.2. The molecule has 1 amide bonds. The number of hydrogen-bond donors (Lipinski definition) is 2. The van der Waals surface area contributed by atoms with E-state index < -0.39 is 17.4 Å². The Hall–Kier alpha value is -4.73. The summed E-state index contributed by atoms with van der Waals surface area (Å²) in [6.07, 6.45) is 2.91. The molecule has 9 heteroatoms. The third-order valence-electron chi connectivity index (χ3n) is 8.11. The summed E-state index contributed by atoms with van der Waals surface area (Å²) >= 11 is 0. The SMILES string of the molecule is COC(=O)[C@](Cc1ccccc1)(C(N)=O)N(c1ccccc1)c1ccccc1CC[C@@H]1CNC[C@@H](COc2cccnc2C)O1. The van der Waals surface area contributed by atoms with Crippen molar-refractivity contribution >= 4 is 23.3 Å². The lowest BCUT2D eigenvalue weighted by Crippen LogP contribution is -2.63. The maximum Gasteiger partial charge on any atom is 0.342 e. The zero-order chi connectivity index (χ0) is 31.6. The molecule has 9 nitrogen and oxygen atoms in total. The zero-order valence-corrected chi connectivity index (χ0v) is 25.7. The van der Waals surface area contributed by atoms with Crippen molar-refractivity contribution < 1.29 is 23.8 Å². The number of para-hydroxylation sites is 2. The highest BCUT2D eigenvalue weighted by molar-refractivity contribution is 6.12. The van der Waals surface area contributed by atoms with Gasteiger partial charge in [0.1, 0.15) is 18.5 Å². The van der Waals surface area contributed by atoms with Crippen LogP contribution in [0.25, 0.3) is 0 Å². The molecule has 0 aliphatic carbocycles. The maximum atomic E-state index is 13.8. The highest BCUT2D eigenvalue weighted by Gasteiger charge is 2.52. The number of hydrogen-bond acceptors (Lipinski definition) is 8. The monoisotopic (exact) mass is 608 g/mol. The molecule has 1 fully saturated rings. The second-order valence-electron chi connectivity index (χ2n) is 11.2. The van der Waals surface area contributed by atoms with Gasteiger partial charge in [0.15, 0.2) is 0 Å². The van der Waals surface area contributed by atoms with Gasteiger partial charge < -0.3 is 30.2 Å². The number of primary amides is 1. The fraction of sp³-hybridized carbons (Fsp3) is 0.306. The number of carbonyl (C=O) groups is 2. The van der Waals surface area contributed by atoms with Crippen molar-refractivity contribution in [3.63, 3.8) is 0 Å². The molecule has 1 saturated heterocycles. The van der Waals surface area contributed by atoms with E-state index in [1.807, 2.05) is 104 Å². The van der Waals surface area contributed by atoms with Gasteiger partial charge in [0.2, 0.25) is 5.54 Å². The Balaban J connectivity index is 1.43. The van der Waals surface area contributed by atoms with Crippen molar-refractivity contribution in [1.82, 2.24) is 10.3 Å². The Morgan fingerprint density at radius 3 is 2.36 bits per heavy atom. The summed E-state index contributed by atoms with van der Waals surface area (Å²) in [5.41, 5.74) is 8.21. The van der Waals surface area contributed by atoms with E-state index in [0.717, 1.165) is 22.6 Å². The molecular formula is C36H40N4O5. The highest BCUT2D eigenvalue weighted by atomic mass is 16.5. The van der Waals surface area contributed by atoms with E-state index in [1.165, 1.54) is 7.11 Å². The summed E-state index contributed by atoms with van der Waals surface area (Å²) < 4.78 is 17.7. The number of methoxy groups -OCH3 is 1. The highest BCUT2D eigenvalue weighted by Crippen LogP contribution is 2.39. The predicted octanol–water partition coefficient (Wildman–Crippen LogP) is 4.54. The quantitative estimate of drug-likeness (QED) is 0.168.